The zero-order valence-electron chi connectivity index (χ0n) is 10.9. The van der Waals surface area contributed by atoms with Gasteiger partial charge in [-0.1, -0.05) is 13.8 Å². The molecule has 3 N–H and O–H groups in total. The van der Waals surface area contributed by atoms with Crippen LogP contribution < -0.4 is 11.3 Å². The molecule has 1 aromatic heterocycles. The first-order valence-corrected chi connectivity index (χ1v) is 6.54. The lowest BCUT2D eigenvalue weighted by molar-refractivity contribution is 0.0957. The monoisotopic (exact) mass is 255 g/mol. The Kier molecular flexibility index (Phi) is 5.11. The molecule has 5 heteroatoms. The van der Waals surface area contributed by atoms with E-state index < -0.39 is 0 Å². The number of nitrogens with two attached hydrogens (primary N) is 1. The second-order valence-corrected chi connectivity index (χ2v) is 6.01. The molecule has 17 heavy (non-hydrogen) atoms. The Labute approximate surface area is 107 Å². The Hall–Kier alpha value is -0.910. The van der Waals surface area contributed by atoms with E-state index >= 15 is 0 Å². The molecule has 0 unspecified atom stereocenters. The summed E-state index contributed by atoms with van der Waals surface area (Å²) < 4.78 is 0. The first kappa shape index (κ1) is 14.2. The van der Waals surface area contributed by atoms with E-state index in [2.05, 4.69) is 31.2 Å². The molecule has 1 amide bonds. The largest absolute Gasteiger partial charge is 0.302 e. The molecule has 4 nitrogen and oxygen atoms in total. The van der Waals surface area contributed by atoms with Crippen LogP contribution in [0.1, 0.15) is 34.0 Å². The number of hydrazine groups is 1. The van der Waals surface area contributed by atoms with E-state index in [9.17, 15) is 4.79 Å². The first-order valence-electron chi connectivity index (χ1n) is 5.72. The van der Waals surface area contributed by atoms with Crippen molar-refractivity contribution < 1.29 is 4.79 Å². The van der Waals surface area contributed by atoms with Gasteiger partial charge in [-0.25, -0.2) is 5.84 Å². The molecule has 0 spiro atoms. The van der Waals surface area contributed by atoms with E-state index in [0.717, 1.165) is 13.1 Å². The van der Waals surface area contributed by atoms with E-state index in [-0.39, 0.29) is 5.91 Å². The highest BCUT2D eigenvalue weighted by Crippen LogP contribution is 2.22. The van der Waals surface area contributed by atoms with Crippen molar-refractivity contribution in [3.63, 3.8) is 0 Å². The quantitative estimate of drug-likeness (QED) is 0.479. The Balaban J connectivity index is 2.71. The minimum Gasteiger partial charge on any atom is -0.302 e. The van der Waals surface area contributed by atoms with E-state index in [1.807, 2.05) is 13.0 Å². The van der Waals surface area contributed by atoms with Crippen LogP contribution in [0.15, 0.2) is 6.07 Å². The summed E-state index contributed by atoms with van der Waals surface area (Å²) in [5.74, 6) is 5.56. The smallest absolute Gasteiger partial charge is 0.275 e. The fourth-order valence-electron chi connectivity index (χ4n) is 1.84. The highest BCUT2D eigenvalue weighted by atomic mass is 32.1. The molecule has 1 aromatic rings. The molecule has 0 aromatic carbocycles. The summed E-state index contributed by atoms with van der Waals surface area (Å²) in [6.45, 7) is 8.36. The maximum absolute atomic E-state index is 11.4. The third kappa shape index (κ3) is 4.11. The summed E-state index contributed by atoms with van der Waals surface area (Å²) in [6, 6.07) is 1.93. The van der Waals surface area contributed by atoms with Gasteiger partial charge in [0, 0.05) is 18.0 Å². The summed E-state index contributed by atoms with van der Waals surface area (Å²) in [7, 11) is 2.10. The predicted octanol–water partition coefficient (Wildman–Crippen LogP) is 1.75. The Morgan fingerprint density at radius 3 is 2.76 bits per heavy atom. The van der Waals surface area contributed by atoms with Crippen molar-refractivity contribution in [2.75, 3.05) is 13.6 Å². The molecule has 0 saturated heterocycles. The van der Waals surface area contributed by atoms with Crippen LogP contribution >= 0.6 is 11.3 Å². The molecule has 0 bridgehead atoms. The number of hydrogen-bond donors (Lipinski definition) is 2. The molecule has 0 aliphatic rings. The number of nitrogens with one attached hydrogen (secondary N) is 1. The number of nitrogens with zero attached hydrogens (tertiary/aromatic N) is 1. The molecule has 1 rings (SSSR count). The van der Waals surface area contributed by atoms with Gasteiger partial charge in [-0.3, -0.25) is 10.2 Å². The van der Waals surface area contributed by atoms with Crippen molar-refractivity contribution in [1.29, 1.82) is 0 Å². The number of thiophene rings is 1. The summed E-state index contributed by atoms with van der Waals surface area (Å²) >= 11 is 1.49. The number of nitrogen functional groups attached to an aromatic ring is 1. The summed E-state index contributed by atoms with van der Waals surface area (Å²) in [5.41, 5.74) is 3.37. The van der Waals surface area contributed by atoms with Crippen LogP contribution in [0.25, 0.3) is 0 Å². The third-order valence-corrected chi connectivity index (χ3v) is 3.58. The fourth-order valence-corrected chi connectivity index (χ4v) is 2.78. The van der Waals surface area contributed by atoms with Gasteiger partial charge in [-0.15, -0.1) is 11.3 Å². The molecular formula is C12H21N3OS. The Morgan fingerprint density at radius 2 is 2.24 bits per heavy atom. The fraction of sp³-hybridized carbons (Fsp3) is 0.583. The SMILES string of the molecule is Cc1sc(C(=O)NN)cc1CN(C)CC(C)C. The third-order valence-electron chi connectivity index (χ3n) is 2.49. The number of rotatable bonds is 5. The minimum absolute atomic E-state index is 0.212. The van der Waals surface area contributed by atoms with E-state index in [0.29, 0.717) is 10.8 Å². The van der Waals surface area contributed by atoms with Crippen LogP contribution in [0.3, 0.4) is 0 Å². The zero-order valence-corrected chi connectivity index (χ0v) is 11.7. The zero-order chi connectivity index (χ0) is 13.0. The number of aryl methyl sites for hydroxylation is 1. The maximum Gasteiger partial charge on any atom is 0.275 e. The van der Waals surface area contributed by atoms with Crippen LogP contribution in [0.4, 0.5) is 0 Å². The second kappa shape index (κ2) is 6.14. The van der Waals surface area contributed by atoms with E-state index in [1.165, 1.54) is 21.8 Å². The van der Waals surface area contributed by atoms with Gasteiger partial charge in [0.15, 0.2) is 0 Å². The molecule has 1 heterocycles. The number of amides is 1. The summed E-state index contributed by atoms with van der Waals surface area (Å²) in [5, 5.41) is 0. The van der Waals surface area contributed by atoms with Crippen LogP contribution in [-0.4, -0.2) is 24.4 Å². The number of hydrogen-bond acceptors (Lipinski definition) is 4. The van der Waals surface area contributed by atoms with Crippen LogP contribution in [0.2, 0.25) is 0 Å². The molecule has 0 atom stereocenters. The van der Waals surface area contributed by atoms with Crippen LogP contribution in [0.5, 0.6) is 0 Å². The molecule has 0 saturated carbocycles. The van der Waals surface area contributed by atoms with Gasteiger partial charge in [0.2, 0.25) is 0 Å². The Bertz CT molecular complexity index is 387. The highest BCUT2D eigenvalue weighted by molar-refractivity contribution is 7.14. The van der Waals surface area contributed by atoms with E-state index in [1.54, 1.807) is 0 Å². The molecule has 0 aliphatic carbocycles. The Morgan fingerprint density at radius 1 is 1.59 bits per heavy atom. The lowest BCUT2D eigenvalue weighted by Crippen LogP contribution is -2.29. The first-order chi connectivity index (χ1) is 7.93. The molecule has 0 aliphatic heterocycles. The predicted molar refractivity (Wildman–Crippen MR) is 71.9 cm³/mol. The number of carbonyl (C=O) groups is 1. The van der Waals surface area contributed by atoms with Crippen LogP contribution in [0, 0.1) is 12.8 Å². The lowest BCUT2D eigenvalue weighted by Gasteiger charge is -2.18. The van der Waals surface area contributed by atoms with Crippen molar-refractivity contribution in [2.24, 2.45) is 11.8 Å². The summed E-state index contributed by atoms with van der Waals surface area (Å²) in [6.07, 6.45) is 0. The summed E-state index contributed by atoms with van der Waals surface area (Å²) in [4.78, 5) is 15.5. The van der Waals surface area contributed by atoms with Gasteiger partial charge in [0.25, 0.3) is 5.91 Å². The van der Waals surface area contributed by atoms with Crippen molar-refractivity contribution >= 4 is 17.2 Å². The minimum atomic E-state index is -0.212. The topological polar surface area (TPSA) is 58.4 Å². The lowest BCUT2D eigenvalue weighted by atomic mass is 10.2. The molecule has 0 radical (unpaired) electrons. The van der Waals surface area contributed by atoms with Gasteiger partial charge in [0.05, 0.1) is 4.88 Å². The number of carbonyl (C=O) groups excluding carboxylic acids is 1. The van der Waals surface area contributed by atoms with Gasteiger partial charge in [-0.05, 0) is 31.5 Å². The van der Waals surface area contributed by atoms with Crippen molar-refractivity contribution in [1.82, 2.24) is 10.3 Å². The van der Waals surface area contributed by atoms with Crippen molar-refractivity contribution in [2.45, 2.75) is 27.3 Å². The van der Waals surface area contributed by atoms with Gasteiger partial charge >= 0.3 is 0 Å². The maximum atomic E-state index is 11.4. The van der Waals surface area contributed by atoms with Gasteiger partial charge < -0.3 is 4.90 Å². The molecule has 0 fully saturated rings. The standard InChI is InChI=1S/C12H21N3OS/c1-8(2)6-15(4)7-10-5-11(12(16)14-13)17-9(10)3/h5,8H,6-7,13H2,1-4H3,(H,14,16). The highest BCUT2D eigenvalue weighted by Gasteiger charge is 2.12. The van der Waals surface area contributed by atoms with Crippen molar-refractivity contribution in [3.8, 4) is 0 Å². The van der Waals surface area contributed by atoms with Gasteiger partial charge in [-0.2, -0.15) is 0 Å². The molecular weight excluding hydrogens is 234 g/mol. The van der Waals surface area contributed by atoms with Gasteiger partial charge in [0.1, 0.15) is 0 Å². The molecule has 96 valence electrons. The van der Waals surface area contributed by atoms with E-state index in [4.69, 9.17) is 5.84 Å². The van der Waals surface area contributed by atoms with Crippen molar-refractivity contribution in [3.05, 3.63) is 21.4 Å². The second-order valence-electron chi connectivity index (χ2n) is 4.76. The normalized spacial score (nSPS) is 11.2. The average molecular weight is 255 g/mol. The average Bonchev–Trinajstić information content (AvgIpc) is 2.58. The van der Waals surface area contributed by atoms with Crippen LogP contribution in [-0.2, 0) is 6.54 Å².